The van der Waals surface area contributed by atoms with Crippen molar-refractivity contribution < 1.29 is 26.3 Å². The Labute approximate surface area is 179 Å². The van der Waals surface area contributed by atoms with E-state index < -0.39 is 27.7 Å². The normalized spacial score (nSPS) is 15.3. The molecule has 170 valence electrons. The number of alkyl halides is 3. The molecule has 1 atom stereocenters. The standard InChI is InChI=1S/C17H17F3N8O3S/c18-17(19,20)31-12-3-1-10(2-4-12)14(9-23-32(29,30)13-5-6-13)24-16-21-7-11(8-22-16)15-25-27-28-26-15/h1-4,7-8,13-14,23H,5-6,9H2,(H,21,22,24)(H,25,26,27,28). The van der Waals surface area contributed by atoms with Gasteiger partial charge in [0, 0.05) is 18.9 Å². The highest BCUT2D eigenvalue weighted by molar-refractivity contribution is 7.90. The lowest BCUT2D eigenvalue weighted by molar-refractivity contribution is -0.274. The second-order valence-corrected chi connectivity index (χ2v) is 8.98. The average Bonchev–Trinajstić information content (AvgIpc) is 3.47. The van der Waals surface area contributed by atoms with Crippen molar-refractivity contribution in [2.75, 3.05) is 11.9 Å². The third-order valence-corrected chi connectivity index (χ3v) is 6.44. The maximum Gasteiger partial charge on any atom is 0.573 e. The maximum atomic E-state index is 12.4. The third kappa shape index (κ3) is 5.67. The lowest BCUT2D eigenvalue weighted by Crippen LogP contribution is -2.34. The first-order chi connectivity index (χ1) is 15.2. The summed E-state index contributed by atoms with van der Waals surface area (Å²) in [4.78, 5) is 8.33. The van der Waals surface area contributed by atoms with Gasteiger partial charge in [0.1, 0.15) is 5.75 Å². The topological polar surface area (TPSA) is 148 Å². The van der Waals surface area contributed by atoms with Gasteiger partial charge in [-0.3, -0.25) is 0 Å². The van der Waals surface area contributed by atoms with E-state index in [9.17, 15) is 21.6 Å². The van der Waals surface area contributed by atoms with Crippen LogP contribution in [-0.4, -0.2) is 57.2 Å². The Morgan fingerprint density at radius 3 is 2.41 bits per heavy atom. The van der Waals surface area contributed by atoms with E-state index in [4.69, 9.17) is 0 Å². The van der Waals surface area contributed by atoms with Crippen molar-refractivity contribution in [3.05, 3.63) is 42.2 Å². The molecule has 1 aliphatic rings. The quantitative estimate of drug-likeness (QED) is 0.426. The number of ether oxygens (including phenoxy) is 1. The summed E-state index contributed by atoms with van der Waals surface area (Å²) in [5, 5.41) is 16.0. The second-order valence-electron chi connectivity index (χ2n) is 6.94. The van der Waals surface area contributed by atoms with E-state index >= 15 is 0 Å². The molecular weight excluding hydrogens is 453 g/mol. The van der Waals surface area contributed by atoms with Gasteiger partial charge in [0.25, 0.3) is 0 Å². The van der Waals surface area contributed by atoms with Crippen molar-refractivity contribution in [2.45, 2.75) is 30.5 Å². The first-order valence-electron chi connectivity index (χ1n) is 9.36. The Kier molecular flexibility index (Phi) is 5.92. The minimum absolute atomic E-state index is 0.0612. The van der Waals surface area contributed by atoms with Crippen molar-refractivity contribution in [3.8, 4) is 17.1 Å². The highest BCUT2D eigenvalue weighted by atomic mass is 32.2. The molecule has 1 fully saturated rings. The van der Waals surface area contributed by atoms with Crippen LogP contribution in [0, 0.1) is 0 Å². The van der Waals surface area contributed by atoms with Crippen LogP contribution < -0.4 is 14.8 Å². The summed E-state index contributed by atoms with van der Waals surface area (Å²) in [6, 6.07) is 4.43. The molecule has 1 aromatic carbocycles. The van der Waals surface area contributed by atoms with E-state index in [0.29, 0.717) is 29.8 Å². The molecule has 3 aromatic rings. The smallest absolute Gasteiger partial charge is 0.406 e. The van der Waals surface area contributed by atoms with Gasteiger partial charge in [0.05, 0.1) is 16.9 Å². The van der Waals surface area contributed by atoms with Crippen LogP contribution in [0.4, 0.5) is 19.1 Å². The van der Waals surface area contributed by atoms with E-state index in [0.717, 1.165) is 12.1 Å². The van der Waals surface area contributed by atoms with Crippen LogP contribution in [0.15, 0.2) is 36.7 Å². The zero-order chi connectivity index (χ0) is 22.8. The number of aromatic amines is 1. The molecule has 0 amide bonds. The van der Waals surface area contributed by atoms with E-state index in [-0.39, 0.29) is 18.2 Å². The molecule has 0 saturated heterocycles. The van der Waals surface area contributed by atoms with E-state index in [2.05, 4.69) is 45.4 Å². The van der Waals surface area contributed by atoms with Crippen LogP contribution in [0.1, 0.15) is 24.4 Å². The largest absolute Gasteiger partial charge is 0.573 e. The van der Waals surface area contributed by atoms with E-state index in [1.54, 1.807) is 0 Å². The van der Waals surface area contributed by atoms with Gasteiger partial charge in [0.2, 0.25) is 21.8 Å². The Morgan fingerprint density at radius 1 is 1.16 bits per heavy atom. The number of hydrogen-bond donors (Lipinski definition) is 3. The first-order valence-corrected chi connectivity index (χ1v) is 10.9. The summed E-state index contributed by atoms with van der Waals surface area (Å²) in [5.41, 5.74) is 1.01. The first kappa shape index (κ1) is 21.9. The Balaban J connectivity index is 1.51. The number of sulfonamides is 1. The predicted molar refractivity (Wildman–Crippen MR) is 105 cm³/mol. The van der Waals surface area contributed by atoms with Crippen molar-refractivity contribution in [1.29, 1.82) is 0 Å². The van der Waals surface area contributed by atoms with Crippen LogP contribution in [0.5, 0.6) is 5.75 Å². The molecule has 0 spiro atoms. The highest BCUT2D eigenvalue weighted by Crippen LogP contribution is 2.29. The third-order valence-electron chi connectivity index (χ3n) is 4.53. The predicted octanol–water partition coefficient (Wildman–Crippen LogP) is 1.79. The lowest BCUT2D eigenvalue weighted by atomic mass is 10.1. The van der Waals surface area contributed by atoms with Gasteiger partial charge in [-0.1, -0.05) is 12.1 Å². The zero-order valence-electron chi connectivity index (χ0n) is 16.2. The fraction of sp³-hybridized carbons (Fsp3) is 0.353. The molecule has 4 rings (SSSR count). The zero-order valence-corrected chi connectivity index (χ0v) is 17.1. The molecule has 2 aromatic heterocycles. The minimum Gasteiger partial charge on any atom is -0.406 e. The maximum absolute atomic E-state index is 12.4. The molecule has 32 heavy (non-hydrogen) atoms. The molecule has 3 N–H and O–H groups in total. The summed E-state index contributed by atoms with van der Waals surface area (Å²) < 4.78 is 68.1. The van der Waals surface area contributed by atoms with Crippen LogP contribution >= 0.6 is 0 Å². The Morgan fingerprint density at radius 2 is 1.84 bits per heavy atom. The molecule has 1 saturated carbocycles. The van der Waals surface area contributed by atoms with Crippen LogP contribution in [0.25, 0.3) is 11.4 Å². The summed E-state index contributed by atoms with van der Waals surface area (Å²) >= 11 is 0. The fourth-order valence-corrected chi connectivity index (χ4v) is 4.20. The second kappa shape index (κ2) is 8.66. The molecule has 0 aliphatic heterocycles. The van der Waals surface area contributed by atoms with Gasteiger partial charge >= 0.3 is 6.36 Å². The SMILES string of the molecule is O=S(=O)(NCC(Nc1ncc(-c2nn[nH]n2)cn1)c1ccc(OC(F)(F)F)cc1)C1CC1. The van der Waals surface area contributed by atoms with Gasteiger partial charge in [-0.2, -0.15) is 5.21 Å². The number of halogens is 3. The monoisotopic (exact) mass is 470 g/mol. The number of hydrogen-bond acceptors (Lipinski definition) is 9. The van der Waals surface area contributed by atoms with E-state index in [1.807, 2.05) is 0 Å². The van der Waals surface area contributed by atoms with Gasteiger partial charge in [-0.05, 0) is 35.8 Å². The molecular formula is C17H17F3N8O3S. The number of H-pyrrole nitrogens is 1. The van der Waals surface area contributed by atoms with Gasteiger partial charge in [-0.25, -0.2) is 23.1 Å². The summed E-state index contributed by atoms with van der Waals surface area (Å²) in [6.07, 6.45) is -0.722. The van der Waals surface area contributed by atoms with Gasteiger partial charge in [0.15, 0.2) is 0 Å². The lowest BCUT2D eigenvalue weighted by Gasteiger charge is -2.20. The van der Waals surface area contributed by atoms with Crippen LogP contribution in [-0.2, 0) is 10.0 Å². The van der Waals surface area contributed by atoms with Gasteiger partial charge in [-0.15, -0.1) is 23.4 Å². The number of benzene rings is 1. The van der Waals surface area contributed by atoms with E-state index in [1.165, 1.54) is 24.5 Å². The minimum atomic E-state index is -4.81. The van der Waals surface area contributed by atoms with Gasteiger partial charge < -0.3 is 10.1 Å². The number of anilines is 1. The molecule has 11 nitrogen and oxygen atoms in total. The van der Waals surface area contributed by atoms with Crippen LogP contribution in [0.3, 0.4) is 0 Å². The molecule has 2 heterocycles. The van der Waals surface area contributed by atoms with Crippen molar-refractivity contribution >= 4 is 16.0 Å². The molecule has 0 bridgehead atoms. The number of rotatable bonds is 9. The summed E-state index contributed by atoms with van der Waals surface area (Å²) in [6.45, 7) is -0.0612. The van der Waals surface area contributed by atoms with Crippen molar-refractivity contribution in [2.24, 2.45) is 0 Å². The molecule has 0 radical (unpaired) electrons. The molecule has 1 unspecified atom stereocenters. The fourth-order valence-electron chi connectivity index (χ4n) is 2.81. The van der Waals surface area contributed by atoms with Crippen molar-refractivity contribution in [3.63, 3.8) is 0 Å². The molecule has 1 aliphatic carbocycles. The Hall–Kier alpha value is -3.33. The number of nitrogens with zero attached hydrogens (tertiary/aromatic N) is 5. The number of aromatic nitrogens is 6. The molecule has 15 heteroatoms. The van der Waals surface area contributed by atoms with Crippen molar-refractivity contribution in [1.82, 2.24) is 35.3 Å². The summed E-state index contributed by atoms with van der Waals surface area (Å²) in [5.74, 6) is 0.0771. The highest BCUT2D eigenvalue weighted by Gasteiger charge is 2.36. The Bertz CT molecular complexity index is 1140. The van der Waals surface area contributed by atoms with Crippen LogP contribution in [0.2, 0.25) is 0 Å². The average molecular weight is 470 g/mol. The number of nitrogens with one attached hydrogen (secondary N) is 3. The number of tetrazole rings is 1. The summed E-state index contributed by atoms with van der Waals surface area (Å²) in [7, 11) is -3.48.